The summed E-state index contributed by atoms with van der Waals surface area (Å²) in [5.74, 6) is 1.53. The molecule has 0 aliphatic rings. The van der Waals surface area contributed by atoms with Gasteiger partial charge < -0.3 is 4.90 Å². The minimum Gasteiger partial charge on any atom is -0.347 e. The van der Waals surface area contributed by atoms with E-state index in [9.17, 15) is 0 Å². The van der Waals surface area contributed by atoms with Crippen LogP contribution in [0.4, 0.5) is 0 Å². The van der Waals surface area contributed by atoms with E-state index in [1.54, 1.807) is 7.11 Å². The maximum Gasteiger partial charge on any atom is 0.217 e. The summed E-state index contributed by atoms with van der Waals surface area (Å²) in [5, 5.41) is 0. The Bertz CT molecular complexity index is 167. The molecule has 0 aromatic carbocycles. The van der Waals surface area contributed by atoms with Gasteiger partial charge in [-0.05, 0) is 18.8 Å². The summed E-state index contributed by atoms with van der Waals surface area (Å²) >= 11 is 0. The number of hydrogen-bond donors (Lipinski definition) is 1. The van der Waals surface area contributed by atoms with Crippen molar-refractivity contribution in [2.45, 2.75) is 26.7 Å². The van der Waals surface area contributed by atoms with Gasteiger partial charge in [-0.25, -0.2) is 5.48 Å². The van der Waals surface area contributed by atoms with E-state index >= 15 is 0 Å². The molecule has 4 heteroatoms. The van der Waals surface area contributed by atoms with Gasteiger partial charge in [0.05, 0.1) is 7.11 Å². The van der Waals surface area contributed by atoms with Gasteiger partial charge in [0.25, 0.3) is 0 Å². The van der Waals surface area contributed by atoms with E-state index in [1.165, 1.54) is 6.42 Å². The molecule has 0 amide bonds. The molecule has 0 aliphatic carbocycles. The van der Waals surface area contributed by atoms with Crippen LogP contribution in [-0.2, 0) is 4.84 Å². The van der Waals surface area contributed by atoms with Crippen LogP contribution in [0.3, 0.4) is 0 Å². The van der Waals surface area contributed by atoms with Crippen molar-refractivity contribution in [3.05, 3.63) is 0 Å². The quantitative estimate of drug-likeness (QED) is 0.317. The molecule has 0 aromatic rings. The normalized spacial score (nSPS) is 12.0. The molecule has 0 rings (SSSR count). The first-order chi connectivity index (χ1) is 6.57. The number of nitrogens with one attached hydrogen (secondary N) is 1. The van der Waals surface area contributed by atoms with Crippen LogP contribution < -0.4 is 5.48 Å². The molecule has 0 fully saturated rings. The fourth-order valence-corrected chi connectivity index (χ4v) is 1.04. The van der Waals surface area contributed by atoms with Crippen molar-refractivity contribution in [2.24, 2.45) is 10.9 Å². The number of hydroxylamine groups is 1. The molecule has 0 aromatic heterocycles. The van der Waals surface area contributed by atoms with Crippen molar-refractivity contribution in [1.29, 1.82) is 0 Å². The van der Waals surface area contributed by atoms with Gasteiger partial charge in [0, 0.05) is 20.6 Å². The van der Waals surface area contributed by atoms with E-state index in [2.05, 4.69) is 24.3 Å². The lowest BCUT2D eigenvalue weighted by molar-refractivity contribution is 0.134. The maximum atomic E-state index is 4.82. The lowest BCUT2D eigenvalue weighted by atomic mass is 10.1. The molecule has 84 valence electrons. The first-order valence-corrected chi connectivity index (χ1v) is 5.08. The Morgan fingerprint density at radius 3 is 2.50 bits per heavy atom. The largest absolute Gasteiger partial charge is 0.347 e. The highest BCUT2D eigenvalue weighted by Crippen LogP contribution is 2.02. The molecule has 0 radical (unpaired) electrons. The molecule has 0 unspecified atom stereocenters. The standard InChI is InChI=1S/C10H23N3O/c1-9(2)7-6-8-11-10(12-14-5)13(3)4/h9H,6-8H2,1-5H3,(H,11,12). The summed E-state index contributed by atoms with van der Waals surface area (Å²) in [6.07, 6.45) is 2.34. The Hall–Kier alpha value is -0.770. The predicted octanol–water partition coefficient (Wildman–Crippen LogP) is 1.49. The van der Waals surface area contributed by atoms with Crippen molar-refractivity contribution >= 4 is 5.96 Å². The Balaban J connectivity index is 3.79. The molecule has 4 nitrogen and oxygen atoms in total. The number of rotatable bonds is 5. The SMILES string of the molecule is CONC(=NCCCC(C)C)N(C)C. The number of guanidine groups is 1. The average Bonchev–Trinajstić information content (AvgIpc) is 2.09. The van der Waals surface area contributed by atoms with Crippen LogP contribution >= 0.6 is 0 Å². The second-order valence-electron chi connectivity index (χ2n) is 3.94. The first kappa shape index (κ1) is 13.2. The number of hydrogen-bond acceptors (Lipinski definition) is 2. The highest BCUT2D eigenvalue weighted by atomic mass is 16.6. The van der Waals surface area contributed by atoms with Gasteiger partial charge in [-0.1, -0.05) is 13.8 Å². The van der Waals surface area contributed by atoms with Gasteiger partial charge in [0.1, 0.15) is 0 Å². The van der Waals surface area contributed by atoms with Crippen LogP contribution in [0.25, 0.3) is 0 Å². The van der Waals surface area contributed by atoms with Crippen LogP contribution in [0.2, 0.25) is 0 Å². The Labute approximate surface area is 87.3 Å². The molecule has 14 heavy (non-hydrogen) atoms. The summed E-state index contributed by atoms with van der Waals surface area (Å²) in [6, 6.07) is 0. The monoisotopic (exact) mass is 201 g/mol. The third-order valence-corrected chi connectivity index (χ3v) is 1.82. The van der Waals surface area contributed by atoms with Crippen molar-refractivity contribution in [3.63, 3.8) is 0 Å². The zero-order valence-corrected chi connectivity index (χ0v) is 10.0. The second-order valence-corrected chi connectivity index (χ2v) is 3.94. The Kier molecular flexibility index (Phi) is 7.20. The van der Waals surface area contributed by atoms with E-state index in [0.29, 0.717) is 0 Å². The highest BCUT2D eigenvalue weighted by Gasteiger charge is 1.99. The smallest absolute Gasteiger partial charge is 0.217 e. The zero-order chi connectivity index (χ0) is 11.0. The number of aliphatic imine (C=N–C) groups is 1. The van der Waals surface area contributed by atoms with Gasteiger partial charge >= 0.3 is 0 Å². The van der Waals surface area contributed by atoms with Crippen LogP contribution in [-0.4, -0.2) is 38.6 Å². The Morgan fingerprint density at radius 2 is 2.07 bits per heavy atom. The third kappa shape index (κ3) is 6.71. The molecular formula is C10H23N3O. The van der Waals surface area contributed by atoms with Crippen molar-refractivity contribution in [2.75, 3.05) is 27.7 Å². The van der Waals surface area contributed by atoms with Crippen LogP contribution in [0.5, 0.6) is 0 Å². The van der Waals surface area contributed by atoms with Crippen LogP contribution in [0.1, 0.15) is 26.7 Å². The summed E-state index contributed by atoms with van der Waals surface area (Å²) in [4.78, 5) is 11.1. The van der Waals surface area contributed by atoms with Gasteiger partial charge in [-0.2, -0.15) is 0 Å². The van der Waals surface area contributed by atoms with E-state index in [1.807, 2.05) is 19.0 Å². The van der Waals surface area contributed by atoms with Crippen LogP contribution in [0.15, 0.2) is 4.99 Å². The first-order valence-electron chi connectivity index (χ1n) is 5.08. The summed E-state index contributed by atoms with van der Waals surface area (Å²) in [7, 11) is 5.47. The number of nitrogens with zero attached hydrogens (tertiary/aromatic N) is 2. The Morgan fingerprint density at radius 1 is 1.43 bits per heavy atom. The lowest BCUT2D eigenvalue weighted by Gasteiger charge is -2.15. The molecule has 0 atom stereocenters. The van der Waals surface area contributed by atoms with Crippen molar-refractivity contribution in [1.82, 2.24) is 10.4 Å². The van der Waals surface area contributed by atoms with E-state index in [0.717, 1.165) is 24.8 Å². The van der Waals surface area contributed by atoms with E-state index in [-0.39, 0.29) is 0 Å². The van der Waals surface area contributed by atoms with Gasteiger partial charge in [0.15, 0.2) is 0 Å². The van der Waals surface area contributed by atoms with Gasteiger partial charge in [-0.3, -0.25) is 9.83 Å². The summed E-state index contributed by atoms with van der Waals surface area (Å²) < 4.78 is 0. The molecule has 0 heterocycles. The van der Waals surface area contributed by atoms with Gasteiger partial charge in [0.2, 0.25) is 5.96 Å². The predicted molar refractivity (Wildman–Crippen MR) is 60.2 cm³/mol. The minimum absolute atomic E-state index is 0.753. The van der Waals surface area contributed by atoms with E-state index in [4.69, 9.17) is 4.84 Å². The molecule has 0 saturated heterocycles. The van der Waals surface area contributed by atoms with Crippen molar-refractivity contribution in [3.8, 4) is 0 Å². The minimum atomic E-state index is 0.753. The fraction of sp³-hybridized carbons (Fsp3) is 0.900. The topological polar surface area (TPSA) is 36.9 Å². The molecule has 0 spiro atoms. The zero-order valence-electron chi connectivity index (χ0n) is 10.0. The molecular weight excluding hydrogens is 178 g/mol. The molecule has 0 bridgehead atoms. The summed E-state index contributed by atoms with van der Waals surface area (Å²) in [6.45, 7) is 5.30. The fourth-order valence-electron chi connectivity index (χ4n) is 1.04. The third-order valence-electron chi connectivity index (χ3n) is 1.82. The molecule has 0 aliphatic heterocycles. The summed E-state index contributed by atoms with van der Waals surface area (Å²) in [5.41, 5.74) is 2.75. The molecule has 0 saturated carbocycles. The highest BCUT2D eigenvalue weighted by molar-refractivity contribution is 5.78. The van der Waals surface area contributed by atoms with Crippen molar-refractivity contribution < 1.29 is 4.84 Å². The second kappa shape index (κ2) is 7.62. The molecule has 1 N–H and O–H groups in total. The van der Waals surface area contributed by atoms with E-state index < -0.39 is 0 Å². The van der Waals surface area contributed by atoms with Gasteiger partial charge in [-0.15, -0.1) is 0 Å². The lowest BCUT2D eigenvalue weighted by Crippen LogP contribution is -2.35. The maximum absolute atomic E-state index is 4.82. The van der Waals surface area contributed by atoms with Crippen LogP contribution in [0, 0.1) is 5.92 Å². The average molecular weight is 201 g/mol.